The molecule has 0 aliphatic heterocycles. The summed E-state index contributed by atoms with van der Waals surface area (Å²) in [5.41, 5.74) is 1.38. The molecule has 1 aromatic heterocycles. The van der Waals surface area contributed by atoms with E-state index in [0.717, 1.165) is 13.0 Å². The van der Waals surface area contributed by atoms with Gasteiger partial charge in [-0.3, -0.25) is 4.79 Å². The molecule has 2 rings (SSSR count). The highest BCUT2D eigenvalue weighted by molar-refractivity contribution is 5.14. The van der Waals surface area contributed by atoms with Crippen LogP contribution in [0.4, 0.5) is 0 Å². The van der Waals surface area contributed by atoms with Crippen LogP contribution in [0.1, 0.15) is 5.56 Å². The van der Waals surface area contributed by atoms with E-state index < -0.39 is 0 Å². The molecule has 0 spiro atoms. The van der Waals surface area contributed by atoms with Gasteiger partial charge in [-0.05, 0) is 12.0 Å². The Balaban J connectivity index is 1.99. The van der Waals surface area contributed by atoms with Crippen LogP contribution in [0.15, 0.2) is 59.7 Å². The molecule has 0 aliphatic rings. The maximum absolute atomic E-state index is 10.9. The number of benzene rings is 1. The van der Waals surface area contributed by atoms with Crippen LogP contribution >= 0.6 is 0 Å². The SMILES string of the molecule is O=c1ccn(CCc2ccccc2)cc1. The second-order valence-electron chi connectivity index (χ2n) is 3.51. The molecule has 0 saturated carbocycles. The average Bonchev–Trinajstić information content (AvgIpc) is 2.30. The first kappa shape index (κ1) is 9.71. The van der Waals surface area contributed by atoms with Gasteiger partial charge in [0.1, 0.15) is 0 Å². The lowest BCUT2D eigenvalue weighted by Crippen LogP contribution is -2.05. The quantitative estimate of drug-likeness (QED) is 0.742. The van der Waals surface area contributed by atoms with Gasteiger partial charge in [-0.25, -0.2) is 0 Å². The number of hydrogen-bond donors (Lipinski definition) is 0. The van der Waals surface area contributed by atoms with Crippen molar-refractivity contribution < 1.29 is 0 Å². The first-order valence-corrected chi connectivity index (χ1v) is 5.05. The number of nitrogens with zero attached hydrogens (tertiary/aromatic N) is 1. The van der Waals surface area contributed by atoms with E-state index >= 15 is 0 Å². The fourth-order valence-electron chi connectivity index (χ4n) is 1.50. The first-order valence-electron chi connectivity index (χ1n) is 5.05. The Kier molecular flexibility index (Phi) is 2.98. The van der Waals surface area contributed by atoms with Crippen LogP contribution in [-0.2, 0) is 13.0 Å². The van der Waals surface area contributed by atoms with E-state index in [2.05, 4.69) is 12.1 Å². The monoisotopic (exact) mass is 199 g/mol. The molecule has 1 aromatic carbocycles. The summed E-state index contributed by atoms with van der Waals surface area (Å²) in [6.45, 7) is 0.907. The highest BCUT2D eigenvalue weighted by Crippen LogP contribution is 2.00. The number of aromatic nitrogens is 1. The van der Waals surface area contributed by atoms with Crippen LogP contribution in [-0.4, -0.2) is 4.57 Å². The van der Waals surface area contributed by atoms with Gasteiger partial charge in [0.05, 0.1) is 0 Å². The van der Waals surface area contributed by atoms with Crippen molar-refractivity contribution >= 4 is 0 Å². The van der Waals surface area contributed by atoms with Gasteiger partial charge in [-0.15, -0.1) is 0 Å². The van der Waals surface area contributed by atoms with Gasteiger partial charge in [0.25, 0.3) is 0 Å². The third kappa shape index (κ3) is 2.81. The van der Waals surface area contributed by atoms with E-state index in [0.29, 0.717) is 0 Å². The van der Waals surface area contributed by atoms with Gasteiger partial charge in [0.2, 0.25) is 0 Å². The molecule has 0 amide bonds. The third-order valence-electron chi connectivity index (χ3n) is 2.36. The molecule has 0 bridgehead atoms. The van der Waals surface area contributed by atoms with Crippen molar-refractivity contribution in [3.05, 3.63) is 70.6 Å². The van der Waals surface area contributed by atoms with Crippen molar-refractivity contribution in [2.24, 2.45) is 0 Å². The fourth-order valence-corrected chi connectivity index (χ4v) is 1.50. The summed E-state index contributed by atoms with van der Waals surface area (Å²) in [4.78, 5) is 10.9. The van der Waals surface area contributed by atoms with Crippen molar-refractivity contribution in [3.63, 3.8) is 0 Å². The Morgan fingerprint density at radius 3 is 2.27 bits per heavy atom. The standard InChI is InChI=1S/C13H13NO/c15-13-7-10-14(11-8-13)9-6-12-4-2-1-3-5-12/h1-5,7-8,10-11H,6,9H2. The van der Waals surface area contributed by atoms with E-state index in [1.165, 1.54) is 5.56 Å². The molecule has 76 valence electrons. The van der Waals surface area contributed by atoms with Gasteiger partial charge >= 0.3 is 0 Å². The lowest BCUT2D eigenvalue weighted by atomic mass is 10.1. The van der Waals surface area contributed by atoms with E-state index in [1.54, 1.807) is 12.1 Å². The van der Waals surface area contributed by atoms with Crippen molar-refractivity contribution in [3.8, 4) is 0 Å². The van der Waals surface area contributed by atoms with Gasteiger partial charge in [-0.2, -0.15) is 0 Å². The summed E-state index contributed by atoms with van der Waals surface area (Å²) in [6, 6.07) is 13.5. The molecule has 0 atom stereocenters. The summed E-state index contributed by atoms with van der Waals surface area (Å²) >= 11 is 0. The van der Waals surface area contributed by atoms with Crippen molar-refractivity contribution in [1.82, 2.24) is 4.57 Å². The Morgan fingerprint density at radius 1 is 0.933 bits per heavy atom. The van der Waals surface area contributed by atoms with Gasteiger partial charge in [0, 0.05) is 31.1 Å². The summed E-state index contributed by atoms with van der Waals surface area (Å²) < 4.78 is 2.02. The van der Waals surface area contributed by atoms with Crippen LogP contribution in [0.5, 0.6) is 0 Å². The molecule has 0 fully saturated rings. The predicted molar refractivity (Wildman–Crippen MR) is 60.8 cm³/mol. The Labute approximate surface area is 88.8 Å². The van der Waals surface area contributed by atoms with Crippen LogP contribution in [0.3, 0.4) is 0 Å². The van der Waals surface area contributed by atoms with Crippen molar-refractivity contribution in [2.75, 3.05) is 0 Å². The molecule has 2 aromatic rings. The van der Waals surface area contributed by atoms with Crippen LogP contribution in [0, 0.1) is 0 Å². The van der Waals surface area contributed by atoms with E-state index in [4.69, 9.17) is 0 Å². The molecule has 0 aliphatic carbocycles. The molecule has 15 heavy (non-hydrogen) atoms. The van der Waals surface area contributed by atoms with E-state index in [9.17, 15) is 4.79 Å². The van der Waals surface area contributed by atoms with Gasteiger partial charge in [0.15, 0.2) is 5.43 Å². The first-order chi connectivity index (χ1) is 7.34. The van der Waals surface area contributed by atoms with Crippen LogP contribution in [0.25, 0.3) is 0 Å². The summed E-state index contributed by atoms with van der Waals surface area (Å²) in [5.74, 6) is 0. The zero-order valence-corrected chi connectivity index (χ0v) is 8.47. The lowest BCUT2D eigenvalue weighted by Gasteiger charge is -2.05. The number of pyridine rings is 1. The molecular weight excluding hydrogens is 186 g/mol. The third-order valence-corrected chi connectivity index (χ3v) is 2.36. The van der Waals surface area contributed by atoms with Gasteiger partial charge < -0.3 is 4.57 Å². The van der Waals surface area contributed by atoms with Crippen molar-refractivity contribution in [1.29, 1.82) is 0 Å². The predicted octanol–water partition coefficient (Wildman–Crippen LogP) is 2.09. The minimum atomic E-state index is 0.0611. The zero-order chi connectivity index (χ0) is 10.5. The molecule has 2 heteroatoms. The molecule has 1 heterocycles. The molecule has 0 unspecified atom stereocenters. The Hall–Kier alpha value is -1.83. The van der Waals surface area contributed by atoms with E-state index in [-0.39, 0.29) is 5.43 Å². The van der Waals surface area contributed by atoms with Crippen molar-refractivity contribution in [2.45, 2.75) is 13.0 Å². The molecular formula is C13H13NO. The number of rotatable bonds is 3. The number of hydrogen-bond acceptors (Lipinski definition) is 1. The summed E-state index contributed by atoms with van der Waals surface area (Å²) in [7, 11) is 0. The average molecular weight is 199 g/mol. The molecule has 0 radical (unpaired) electrons. The minimum Gasteiger partial charge on any atom is -0.354 e. The topological polar surface area (TPSA) is 22.0 Å². The van der Waals surface area contributed by atoms with Crippen LogP contribution in [0.2, 0.25) is 0 Å². The normalized spacial score (nSPS) is 10.1. The molecule has 2 nitrogen and oxygen atoms in total. The Morgan fingerprint density at radius 2 is 1.60 bits per heavy atom. The molecule has 0 N–H and O–H groups in total. The second kappa shape index (κ2) is 4.60. The largest absolute Gasteiger partial charge is 0.354 e. The number of aryl methyl sites for hydroxylation is 2. The van der Waals surface area contributed by atoms with Gasteiger partial charge in [-0.1, -0.05) is 30.3 Å². The minimum absolute atomic E-state index is 0.0611. The Bertz CT molecular complexity index is 453. The maximum atomic E-state index is 10.9. The summed E-state index contributed by atoms with van der Waals surface area (Å²) in [5, 5.41) is 0. The maximum Gasteiger partial charge on any atom is 0.181 e. The highest BCUT2D eigenvalue weighted by Gasteiger charge is 1.92. The molecule has 0 saturated heterocycles. The second-order valence-corrected chi connectivity index (χ2v) is 3.51. The van der Waals surface area contributed by atoms with E-state index in [1.807, 2.05) is 35.2 Å². The van der Waals surface area contributed by atoms with Crippen LogP contribution < -0.4 is 5.43 Å². The fraction of sp³-hybridized carbons (Fsp3) is 0.154. The zero-order valence-electron chi connectivity index (χ0n) is 8.47. The smallest absolute Gasteiger partial charge is 0.181 e. The lowest BCUT2D eigenvalue weighted by molar-refractivity contribution is 0.690. The highest BCUT2D eigenvalue weighted by atomic mass is 16.1. The summed E-state index contributed by atoms with van der Waals surface area (Å²) in [6.07, 6.45) is 4.64.